The van der Waals surface area contributed by atoms with Crippen molar-refractivity contribution in [1.82, 2.24) is 4.98 Å². The summed E-state index contributed by atoms with van der Waals surface area (Å²) in [5, 5.41) is 12.1. The molecule has 0 radical (unpaired) electrons. The third kappa shape index (κ3) is 3.01. The fraction of sp³-hybridized carbons (Fsp3) is 0.462. The predicted molar refractivity (Wildman–Crippen MR) is 73.4 cm³/mol. The quantitative estimate of drug-likeness (QED) is 0.833. The van der Waals surface area contributed by atoms with Gasteiger partial charge in [-0.15, -0.1) is 11.3 Å². The lowest BCUT2D eigenvalue weighted by molar-refractivity contribution is -0.133. The number of thiazole rings is 1. The van der Waals surface area contributed by atoms with E-state index in [0.29, 0.717) is 5.13 Å². The number of nitrogens with zero attached hydrogens (tertiary/aromatic N) is 1. The van der Waals surface area contributed by atoms with Crippen molar-refractivity contribution in [1.29, 1.82) is 0 Å². The Bertz CT molecular complexity index is 537. The van der Waals surface area contributed by atoms with Crippen molar-refractivity contribution in [3.8, 4) is 0 Å². The van der Waals surface area contributed by atoms with Gasteiger partial charge in [-0.25, -0.2) is 9.78 Å². The van der Waals surface area contributed by atoms with Crippen molar-refractivity contribution in [2.45, 2.75) is 39.5 Å². The number of carboxylic acid groups (broad SMARTS) is 1. The number of rotatable bonds is 3. The van der Waals surface area contributed by atoms with Gasteiger partial charge in [0.15, 0.2) is 5.13 Å². The van der Waals surface area contributed by atoms with Gasteiger partial charge in [0.2, 0.25) is 0 Å². The number of aromatic nitrogens is 1. The second kappa shape index (κ2) is 5.52. The molecule has 1 amide bonds. The van der Waals surface area contributed by atoms with Crippen LogP contribution in [-0.2, 0) is 22.4 Å². The Balaban J connectivity index is 2.13. The van der Waals surface area contributed by atoms with Gasteiger partial charge in [-0.05, 0) is 39.5 Å². The summed E-state index contributed by atoms with van der Waals surface area (Å²) in [6, 6.07) is 0. The fourth-order valence-corrected chi connectivity index (χ4v) is 2.97. The van der Waals surface area contributed by atoms with Crippen LogP contribution in [0.25, 0.3) is 0 Å². The number of amides is 1. The van der Waals surface area contributed by atoms with E-state index in [2.05, 4.69) is 10.3 Å². The molecule has 6 heteroatoms. The van der Waals surface area contributed by atoms with E-state index in [-0.39, 0.29) is 11.1 Å². The summed E-state index contributed by atoms with van der Waals surface area (Å²) in [6.07, 6.45) is 4.29. The number of carbonyl (C=O) groups excluding carboxylic acids is 1. The van der Waals surface area contributed by atoms with Crippen LogP contribution in [0.3, 0.4) is 0 Å². The van der Waals surface area contributed by atoms with Gasteiger partial charge < -0.3 is 5.11 Å². The summed E-state index contributed by atoms with van der Waals surface area (Å²) in [4.78, 5) is 28.3. The van der Waals surface area contributed by atoms with Gasteiger partial charge in [0.25, 0.3) is 5.91 Å². The lowest BCUT2D eigenvalue weighted by Gasteiger charge is -2.06. The molecular formula is C13H16N2O3S. The van der Waals surface area contributed by atoms with Crippen molar-refractivity contribution in [2.24, 2.45) is 0 Å². The van der Waals surface area contributed by atoms with Gasteiger partial charge in [0, 0.05) is 16.0 Å². The van der Waals surface area contributed by atoms with Gasteiger partial charge in [-0.3, -0.25) is 10.1 Å². The minimum atomic E-state index is -1.08. The summed E-state index contributed by atoms with van der Waals surface area (Å²) in [5.41, 5.74) is 1.34. The maximum Gasteiger partial charge on any atom is 0.331 e. The molecular weight excluding hydrogens is 264 g/mol. The molecule has 19 heavy (non-hydrogen) atoms. The monoisotopic (exact) mass is 280 g/mol. The second-order valence-corrected chi connectivity index (χ2v) is 5.69. The van der Waals surface area contributed by atoms with Crippen LogP contribution in [-0.4, -0.2) is 22.0 Å². The van der Waals surface area contributed by atoms with Crippen molar-refractivity contribution >= 4 is 28.3 Å². The number of hydrogen-bond donors (Lipinski definition) is 2. The summed E-state index contributed by atoms with van der Waals surface area (Å²) >= 11 is 1.49. The first-order valence-electron chi connectivity index (χ1n) is 6.19. The van der Waals surface area contributed by atoms with Crippen LogP contribution >= 0.6 is 11.3 Å². The van der Waals surface area contributed by atoms with E-state index in [1.165, 1.54) is 36.5 Å². The molecule has 1 heterocycles. The largest absolute Gasteiger partial charge is 0.478 e. The summed E-state index contributed by atoms with van der Waals surface area (Å²) in [7, 11) is 0. The average molecular weight is 280 g/mol. The molecule has 0 saturated carbocycles. The highest BCUT2D eigenvalue weighted by molar-refractivity contribution is 7.15. The van der Waals surface area contributed by atoms with Crippen LogP contribution in [0.4, 0.5) is 5.13 Å². The predicted octanol–water partition coefficient (Wildman–Crippen LogP) is 2.38. The Morgan fingerprint density at radius 3 is 2.53 bits per heavy atom. The van der Waals surface area contributed by atoms with Gasteiger partial charge in [0.05, 0.1) is 5.69 Å². The first kappa shape index (κ1) is 13.7. The molecule has 0 unspecified atom stereocenters. The highest BCUT2D eigenvalue weighted by Gasteiger charge is 2.18. The molecule has 0 atom stereocenters. The molecule has 1 aromatic heterocycles. The summed E-state index contributed by atoms with van der Waals surface area (Å²) < 4.78 is 0. The smallest absolute Gasteiger partial charge is 0.331 e. The zero-order valence-electron chi connectivity index (χ0n) is 10.9. The molecule has 5 nitrogen and oxygen atoms in total. The molecule has 1 aromatic rings. The molecule has 0 aromatic carbocycles. The third-order valence-corrected chi connectivity index (χ3v) is 4.36. The number of hydrogen-bond acceptors (Lipinski definition) is 4. The average Bonchev–Trinajstić information content (AvgIpc) is 2.78. The molecule has 0 fully saturated rings. The topological polar surface area (TPSA) is 79.3 Å². The van der Waals surface area contributed by atoms with Crippen LogP contribution in [0.1, 0.15) is 37.3 Å². The molecule has 2 N–H and O–H groups in total. The van der Waals surface area contributed by atoms with Crippen molar-refractivity contribution in [3.05, 3.63) is 21.7 Å². The van der Waals surface area contributed by atoms with Crippen molar-refractivity contribution < 1.29 is 14.7 Å². The lowest BCUT2D eigenvalue weighted by atomic mass is 10.0. The Morgan fingerprint density at radius 2 is 1.89 bits per heavy atom. The Labute approximate surface area is 115 Å². The maximum absolute atomic E-state index is 11.9. The highest BCUT2D eigenvalue weighted by Crippen LogP contribution is 2.29. The van der Waals surface area contributed by atoms with Gasteiger partial charge in [-0.2, -0.15) is 0 Å². The van der Waals surface area contributed by atoms with E-state index in [1.807, 2.05) is 0 Å². The number of aryl methyl sites for hydroxylation is 2. The van der Waals surface area contributed by atoms with Crippen LogP contribution < -0.4 is 5.32 Å². The number of fused-ring (bicyclic) bond motifs is 1. The Kier molecular flexibility index (Phi) is 3.99. The van der Waals surface area contributed by atoms with Gasteiger partial charge >= 0.3 is 5.97 Å². The van der Waals surface area contributed by atoms with Gasteiger partial charge in [-0.1, -0.05) is 0 Å². The lowest BCUT2D eigenvalue weighted by Crippen LogP contribution is -2.16. The van der Waals surface area contributed by atoms with Crippen molar-refractivity contribution in [3.63, 3.8) is 0 Å². The first-order valence-corrected chi connectivity index (χ1v) is 7.01. The van der Waals surface area contributed by atoms with E-state index in [1.54, 1.807) is 0 Å². The van der Waals surface area contributed by atoms with E-state index in [9.17, 15) is 9.59 Å². The molecule has 0 saturated heterocycles. The maximum atomic E-state index is 11.9. The molecule has 0 spiro atoms. The van der Waals surface area contributed by atoms with Crippen LogP contribution in [0.5, 0.6) is 0 Å². The zero-order chi connectivity index (χ0) is 14.0. The standard InChI is InChI=1S/C13H16N2O3S/c1-7(8(2)12(17)18)11(16)15-13-14-9-5-3-4-6-10(9)19-13/h3-6H2,1-2H3,(H,17,18)(H,14,15,16). The molecule has 1 aliphatic carbocycles. The van der Waals surface area contributed by atoms with Crippen LogP contribution in [0, 0.1) is 0 Å². The molecule has 1 aliphatic rings. The molecule has 0 aliphatic heterocycles. The van der Waals surface area contributed by atoms with Crippen molar-refractivity contribution in [2.75, 3.05) is 5.32 Å². The number of carbonyl (C=O) groups is 2. The van der Waals surface area contributed by atoms with Gasteiger partial charge in [0.1, 0.15) is 0 Å². The third-order valence-electron chi connectivity index (χ3n) is 3.29. The van der Waals surface area contributed by atoms with E-state index < -0.39 is 11.9 Å². The van der Waals surface area contributed by atoms with Crippen LogP contribution in [0.15, 0.2) is 11.1 Å². The molecule has 102 valence electrons. The Hall–Kier alpha value is -1.69. The molecule has 0 bridgehead atoms. The van der Waals surface area contributed by atoms with E-state index in [0.717, 1.165) is 25.0 Å². The number of nitrogens with one attached hydrogen (secondary N) is 1. The molecule has 2 rings (SSSR count). The zero-order valence-corrected chi connectivity index (χ0v) is 11.8. The number of carboxylic acids is 1. The highest BCUT2D eigenvalue weighted by atomic mass is 32.1. The SMILES string of the molecule is CC(C(=O)O)=C(C)C(=O)Nc1nc2c(s1)CCCC2. The number of aliphatic carboxylic acids is 1. The fourth-order valence-electron chi connectivity index (χ4n) is 1.93. The minimum absolute atomic E-state index is 0.0545. The van der Waals surface area contributed by atoms with E-state index >= 15 is 0 Å². The normalized spacial score (nSPS) is 15.5. The first-order chi connectivity index (χ1) is 8.99. The number of anilines is 1. The summed E-state index contributed by atoms with van der Waals surface area (Å²) in [6.45, 7) is 2.93. The van der Waals surface area contributed by atoms with E-state index in [4.69, 9.17) is 5.11 Å². The van der Waals surface area contributed by atoms with Crippen LogP contribution in [0.2, 0.25) is 0 Å². The second-order valence-electron chi connectivity index (χ2n) is 4.61. The Morgan fingerprint density at radius 1 is 1.21 bits per heavy atom. The minimum Gasteiger partial charge on any atom is -0.478 e. The summed E-state index contributed by atoms with van der Waals surface area (Å²) in [5.74, 6) is -1.47.